The lowest BCUT2D eigenvalue weighted by Gasteiger charge is -1.94. The van der Waals surface area contributed by atoms with E-state index in [9.17, 15) is 20.2 Å². The van der Waals surface area contributed by atoms with Gasteiger partial charge in [-0.15, -0.1) is 0 Å². The highest BCUT2D eigenvalue weighted by Crippen LogP contribution is 2.23. The summed E-state index contributed by atoms with van der Waals surface area (Å²) in [6.45, 7) is 1.49. The molecule has 2 rings (SSSR count). The molecule has 0 fully saturated rings. The van der Waals surface area contributed by atoms with E-state index in [-0.39, 0.29) is 21.9 Å². The molecule has 0 radical (unpaired) electrons. The normalized spacial score (nSPS) is 10.4. The average molecular weight is 240 g/mol. The maximum atomic E-state index is 10.7. The monoisotopic (exact) mass is 240 g/mol. The molecule has 0 unspecified atom stereocenters. The third-order valence-electron chi connectivity index (χ3n) is 1.92. The molecule has 11 nitrogen and oxygen atoms in total. The van der Waals surface area contributed by atoms with E-state index in [1.807, 2.05) is 0 Å². The summed E-state index contributed by atoms with van der Waals surface area (Å²) in [4.78, 5) is 20.6. The molecule has 0 bridgehead atoms. The predicted molar refractivity (Wildman–Crippen MR) is 49.3 cm³/mol. The fourth-order valence-corrected chi connectivity index (χ4v) is 1.20. The van der Waals surface area contributed by atoms with Gasteiger partial charge < -0.3 is 20.2 Å². The zero-order valence-electron chi connectivity index (χ0n) is 8.30. The smallest absolute Gasteiger partial charge is 0.358 e. The van der Waals surface area contributed by atoms with Gasteiger partial charge in [-0.2, -0.15) is 0 Å². The molecular weight excluding hydrogens is 236 g/mol. The molecular formula is C6H4N6O5. The molecule has 0 saturated heterocycles. The van der Waals surface area contributed by atoms with Crippen molar-refractivity contribution < 1.29 is 14.6 Å². The zero-order chi connectivity index (χ0) is 12.6. The summed E-state index contributed by atoms with van der Waals surface area (Å²) in [7, 11) is 0. The lowest BCUT2D eigenvalue weighted by atomic mass is 10.2. The second-order valence-corrected chi connectivity index (χ2v) is 2.97. The number of rotatable bonds is 3. The van der Waals surface area contributed by atoms with E-state index in [0.29, 0.717) is 0 Å². The summed E-state index contributed by atoms with van der Waals surface area (Å²) in [5, 5.41) is 30.3. The SMILES string of the molecule is Cc1nonc1-c1cc([N+](=O)[O-])nn1[N+](=O)[O-]. The van der Waals surface area contributed by atoms with Gasteiger partial charge in [-0.1, -0.05) is 5.16 Å². The van der Waals surface area contributed by atoms with E-state index in [1.165, 1.54) is 6.92 Å². The molecule has 0 aliphatic heterocycles. The molecule has 2 aromatic heterocycles. The highest BCUT2D eigenvalue weighted by atomic mass is 16.7. The molecule has 17 heavy (non-hydrogen) atoms. The number of aromatic nitrogens is 4. The van der Waals surface area contributed by atoms with Gasteiger partial charge in [-0.3, -0.25) is 0 Å². The Labute approximate surface area is 91.9 Å². The molecule has 0 atom stereocenters. The fourth-order valence-electron chi connectivity index (χ4n) is 1.20. The van der Waals surface area contributed by atoms with E-state index >= 15 is 0 Å². The molecule has 88 valence electrons. The van der Waals surface area contributed by atoms with Crippen LogP contribution in [0.4, 0.5) is 5.82 Å². The van der Waals surface area contributed by atoms with E-state index in [1.54, 1.807) is 0 Å². The molecule has 0 aliphatic carbocycles. The number of hydrogen-bond donors (Lipinski definition) is 0. The first kappa shape index (κ1) is 10.7. The van der Waals surface area contributed by atoms with Crippen molar-refractivity contribution in [1.29, 1.82) is 0 Å². The van der Waals surface area contributed by atoms with Crippen LogP contribution in [0.5, 0.6) is 0 Å². The Bertz CT molecular complexity index is 600. The summed E-state index contributed by atoms with van der Waals surface area (Å²) in [5.41, 5.74) is 0.130. The number of nitro groups is 2. The zero-order valence-corrected chi connectivity index (χ0v) is 8.30. The van der Waals surface area contributed by atoms with Crippen molar-refractivity contribution in [2.75, 3.05) is 0 Å². The molecule has 0 saturated carbocycles. The Morgan fingerprint density at radius 2 is 2.06 bits per heavy atom. The van der Waals surface area contributed by atoms with Crippen molar-refractivity contribution in [2.45, 2.75) is 6.92 Å². The molecule has 2 heterocycles. The molecule has 0 spiro atoms. The molecule has 2 aromatic rings. The number of hydrogen-bond acceptors (Lipinski definition) is 8. The highest BCUT2D eigenvalue weighted by Gasteiger charge is 2.26. The molecule has 0 amide bonds. The third-order valence-corrected chi connectivity index (χ3v) is 1.92. The highest BCUT2D eigenvalue weighted by molar-refractivity contribution is 5.58. The second-order valence-electron chi connectivity index (χ2n) is 2.97. The number of aryl methyl sites for hydroxylation is 1. The first-order valence-corrected chi connectivity index (χ1v) is 4.19. The second kappa shape index (κ2) is 3.62. The first-order valence-electron chi connectivity index (χ1n) is 4.19. The van der Waals surface area contributed by atoms with E-state index in [0.717, 1.165) is 6.07 Å². The van der Waals surface area contributed by atoms with Gasteiger partial charge in [0.05, 0.1) is 11.1 Å². The Kier molecular flexibility index (Phi) is 2.27. The van der Waals surface area contributed by atoms with Crippen molar-refractivity contribution >= 4 is 5.82 Å². The first-order chi connectivity index (χ1) is 8.00. The van der Waals surface area contributed by atoms with Gasteiger partial charge in [-0.25, -0.2) is 4.63 Å². The van der Waals surface area contributed by atoms with Crippen molar-refractivity contribution in [2.24, 2.45) is 0 Å². The number of nitrogens with zero attached hydrogens (tertiary/aromatic N) is 6. The third kappa shape index (κ3) is 1.68. The summed E-state index contributed by atoms with van der Waals surface area (Å²) in [6.07, 6.45) is 0. The lowest BCUT2D eigenvalue weighted by molar-refractivity contribution is -0.552. The maximum Gasteiger partial charge on any atom is 0.395 e. The van der Waals surface area contributed by atoms with Gasteiger partial charge in [-0.05, 0) is 17.0 Å². The van der Waals surface area contributed by atoms with Crippen molar-refractivity contribution in [3.8, 4) is 11.4 Å². The molecule has 11 heteroatoms. The van der Waals surface area contributed by atoms with Gasteiger partial charge in [0.15, 0.2) is 11.4 Å². The molecule has 0 N–H and O–H groups in total. The predicted octanol–water partition coefficient (Wildman–Crippen LogP) is 0.190. The van der Waals surface area contributed by atoms with Crippen LogP contribution in [0, 0.1) is 27.2 Å². The Morgan fingerprint density at radius 1 is 1.35 bits per heavy atom. The summed E-state index contributed by atoms with van der Waals surface area (Å²) >= 11 is 0. The molecule has 0 aromatic carbocycles. The standard InChI is InChI=1S/C6H4N6O5/c1-3-6(9-17-8-3)4-2-5(11(13)14)7-10(4)12(15)16/h2H,1H3. The minimum atomic E-state index is -0.906. The van der Waals surface area contributed by atoms with E-state index < -0.39 is 15.8 Å². The van der Waals surface area contributed by atoms with Gasteiger partial charge in [0.2, 0.25) is 0 Å². The van der Waals surface area contributed by atoms with Crippen LogP contribution >= 0.6 is 0 Å². The van der Waals surface area contributed by atoms with Crippen LogP contribution in [0.15, 0.2) is 10.7 Å². The van der Waals surface area contributed by atoms with Crippen LogP contribution in [-0.2, 0) is 0 Å². The summed E-state index contributed by atoms with van der Waals surface area (Å²) in [5.74, 6) is -0.654. The Hall–Kier alpha value is -2.85. The van der Waals surface area contributed by atoms with Crippen molar-refractivity contribution in [1.82, 2.24) is 20.2 Å². The van der Waals surface area contributed by atoms with Crippen LogP contribution in [0.25, 0.3) is 11.4 Å². The van der Waals surface area contributed by atoms with Crippen molar-refractivity contribution in [3.05, 3.63) is 32.0 Å². The average Bonchev–Trinajstić information content (AvgIpc) is 2.82. The molecule has 0 aliphatic rings. The van der Waals surface area contributed by atoms with Gasteiger partial charge in [0, 0.05) is 4.79 Å². The minimum Gasteiger partial charge on any atom is -0.358 e. The topological polar surface area (TPSA) is 143 Å². The van der Waals surface area contributed by atoms with Gasteiger partial charge in [0.1, 0.15) is 10.8 Å². The Balaban J connectivity index is 2.64. The minimum absolute atomic E-state index is 0.0299. The van der Waals surface area contributed by atoms with Crippen LogP contribution in [0.2, 0.25) is 0 Å². The van der Waals surface area contributed by atoms with Gasteiger partial charge >= 0.3 is 5.82 Å². The van der Waals surface area contributed by atoms with E-state index in [4.69, 9.17) is 0 Å². The summed E-state index contributed by atoms with van der Waals surface area (Å²) in [6, 6.07) is 0.926. The van der Waals surface area contributed by atoms with Crippen LogP contribution in [0.1, 0.15) is 5.69 Å². The van der Waals surface area contributed by atoms with Crippen molar-refractivity contribution in [3.63, 3.8) is 0 Å². The quantitative estimate of drug-likeness (QED) is 0.546. The van der Waals surface area contributed by atoms with Crippen LogP contribution in [0.3, 0.4) is 0 Å². The lowest BCUT2D eigenvalue weighted by Crippen LogP contribution is -2.12. The van der Waals surface area contributed by atoms with Gasteiger partial charge in [0.25, 0.3) is 0 Å². The van der Waals surface area contributed by atoms with Crippen LogP contribution < -0.4 is 0 Å². The largest absolute Gasteiger partial charge is 0.395 e. The maximum absolute atomic E-state index is 10.7. The Morgan fingerprint density at radius 3 is 2.53 bits per heavy atom. The van der Waals surface area contributed by atoms with E-state index in [2.05, 4.69) is 20.0 Å². The fraction of sp³-hybridized carbons (Fsp3) is 0.167. The summed E-state index contributed by atoms with van der Waals surface area (Å²) < 4.78 is 4.37. The van der Waals surface area contributed by atoms with Crippen LogP contribution in [-0.4, -0.2) is 30.2 Å².